The molecule has 0 N–H and O–H groups in total. The van der Waals surface area contributed by atoms with E-state index in [1.165, 1.54) is 0 Å². The molecule has 0 unspecified atom stereocenters. The van der Waals surface area contributed by atoms with Crippen molar-refractivity contribution < 1.29 is 15.7 Å². The molecule has 10 heavy (non-hydrogen) atoms. The lowest BCUT2D eigenvalue weighted by atomic mass is 10.6. The molecule has 2 heterocycles. The van der Waals surface area contributed by atoms with Crippen molar-refractivity contribution in [1.82, 2.24) is 0 Å². The van der Waals surface area contributed by atoms with Crippen LogP contribution in [0.15, 0.2) is 23.0 Å². The van der Waals surface area contributed by atoms with Crippen molar-refractivity contribution in [3.63, 3.8) is 0 Å². The minimum Gasteiger partial charge on any atom is -0.166 e. The number of hydrogen-bond acceptors (Lipinski definition) is 4. The van der Waals surface area contributed by atoms with E-state index in [9.17, 15) is 8.42 Å². The number of rotatable bonds is 0. The molecule has 0 aromatic carbocycles. The zero-order valence-electron chi connectivity index (χ0n) is 4.76. The fraction of sp³-hybridized carbons (Fsp3) is 0. The van der Waals surface area contributed by atoms with Crippen molar-refractivity contribution in [3.05, 3.63) is 23.0 Å². The first-order valence-corrected chi connectivity index (χ1v) is 5.41. The maximum atomic E-state index is 10.4. The largest absolute Gasteiger partial charge is 0.438 e. The first-order valence-electron chi connectivity index (χ1n) is 2.47. The molecule has 0 bridgehead atoms. The zero-order valence-corrected chi connectivity index (χ0v) is 6.39. The van der Waals surface area contributed by atoms with Gasteiger partial charge in [0, 0.05) is 10.8 Å². The molecule has 1 saturated heterocycles. The maximum Gasteiger partial charge on any atom is 0.438 e. The Balaban J connectivity index is 2.28. The second-order valence-electron chi connectivity index (χ2n) is 1.79. The van der Waals surface area contributed by atoms with Crippen molar-refractivity contribution in [3.8, 4) is 0 Å². The molecule has 6 heteroatoms. The molecule has 2 rings (SSSR count). The van der Waals surface area contributed by atoms with Gasteiger partial charge in [-0.25, -0.2) is 0 Å². The molecule has 0 atom stereocenters. The van der Waals surface area contributed by atoms with E-state index in [2.05, 4.69) is 7.26 Å². The van der Waals surface area contributed by atoms with E-state index in [1.54, 1.807) is 23.0 Å². The average Bonchev–Trinajstić information content (AvgIpc) is 2.10. The van der Waals surface area contributed by atoms with E-state index >= 15 is 0 Å². The fourth-order valence-corrected chi connectivity index (χ4v) is 4.27. The highest BCUT2D eigenvalue weighted by molar-refractivity contribution is 8.40. The Labute approximate surface area is 60.2 Å². The van der Waals surface area contributed by atoms with Crippen LogP contribution >= 0.6 is 10.6 Å². The molecule has 4 nitrogen and oxygen atoms in total. The molecule has 2 aliphatic heterocycles. The predicted molar refractivity (Wildman–Crippen MR) is 37.0 cm³/mol. The predicted octanol–water partition coefficient (Wildman–Crippen LogP) is 0.954. The lowest BCUT2D eigenvalue weighted by Crippen LogP contribution is -2.24. The quantitative estimate of drug-likeness (QED) is 0.557. The molecule has 2 aliphatic rings. The third kappa shape index (κ3) is 0.807. The van der Waals surface area contributed by atoms with Gasteiger partial charge in [-0.05, 0) is 12.2 Å². The summed E-state index contributed by atoms with van der Waals surface area (Å²) in [4.78, 5) is 0. The molecule has 56 valence electrons. The summed E-state index contributed by atoms with van der Waals surface area (Å²) in [6, 6.07) is 0. The van der Waals surface area contributed by atoms with Crippen LogP contribution in [0.2, 0.25) is 0 Å². The average molecular weight is 180 g/mol. The Kier molecular flexibility index (Phi) is 1.06. The fourth-order valence-electron chi connectivity index (χ4n) is 0.711. The lowest BCUT2D eigenvalue weighted by molar-refractivity contribution is 0.355. The summed E-state index contributed by atoms with van der Waals surface area (Å²) in [5.41, 5.74) is 0. The third-order valence-corrected chi connectivity index (χ3v) is 5.13. The summed E-state index contributed by atoms with van der Waals surface area (Å²) in [7, 11) is -5.56. The zero-order chi connectivity index (χ0) is 7.24. The van der Waals surface area contributed by atoms with E-state index in [4.69, 9.17) is 0 Å². The van der Waals surface area contributed by atoms with E-state index in [0.29, 0.717) is 0 Å². The first kappa shape index (κ1) is 6.41. The van der Waals surface area contributed by atoms with Gasteiger partial charge in [0.1, 0.15) is 0 Å². The first-order chi connectivity index (χ1) is 4.62. The Morgan fingerprint density at radius 2 is 1.50 bits per heavy atom. The highest BCUT2D eigenvalue weighted by atomic mass is 32.4. The molecule has 0 aromatic heterocycles. The van der Waals surface area contributed by atoms with Crippen LogP contribution in [0.1, 0.15) is 0 Å². The Hall–Kier alpha value is -0.300. The van der Waals surface area contributed by atoms with Crippen LogP contribution < -0.4 is 0 Å². The minimum atomic E-state index is -3.64. The normalized spacial score (nSPS) is 34.0. The van der Waals surface area contributed by atoms with Gasteiger partial charge in [0.2, 0.25) is 0 Å². The van der Waals surface area contributed by atoms with Crippen LogP contribution in [0.3, 0.4) is 0 Å². The van der Waals surface area contributed by atoms with E-state index < -0.39 is 21.0 Å². The third-order valence-electron chi connectivity index (χ3n) is 1.03. The lowest BCUT2D eigenvalue weighted by Gasteiger charge is -2.39. The molecular formula is C4H4O4S2. The summed E-state index contributed by atoms with van der Waals surface area (Å²) < 4.78 is 29.8. The molecule has 0 amide bonds. The summed E-state index contributed by atoms with van der Waals surface area (Å²) in [6.07, 6.45) is 3.40. The smallest absolute Gasteiger partial charge is 0.166 e. The van der Waals surface area contributed by atoms with Crippen LogP contribution in [0, 0.1) is 0 Å². The standard InChI is InChI=1S/C4H4O4S2/c5-10(6)7-9(8-10)3-1-2-4-9/h1-4H. The van der Waals surface area contributed by atoms with Gasteiger partial charge in [-0.1, -0.05) is 0 Å². The molecule has 1 fully saturated rings. The van der Waals surface area contributed by atoms with Crippen LogP contribution in [0.5, 0.6) is 0 Å². The summed E-state index contributed by atoms with van der Waals surface area (Å²) >= 11 is 0. The SMILES string of the molecule is O=S1(=O)OS2(C=CC=C2)O1. The number of hydrogen-bond donors (Lipinski definition) is 0. The van der Waals surface area contributed by atoms with Gasteiger partial charge in [0.25, 0.3) is 0 Å². The van der Waals surface area contributed by atoms with Crippen LogP contribution in [-0.4, -0.2) is 8.42 Å². The van der Waals surface area contributed by atoms with Crippen molar-refractivity contribution in [2.75, 3.05) is 0 Å². The molecule has 0 aliphatic carbocycles. The van der Waals surface area contributed by atoms with Gasteiger partial charge >= 0.3 is 10.4 Å². The summed E-state index contributed by atoms with van der Waals surface area (Å²) in [6.45, 7) is 0. The van der Waals surface area contributed by atoms with Gasteiger partial charge in [0.15, 0.2) is 0 Å². The highest BCUT2D eigenvalue weighted by Crippen LogP contribution is 2.65. The molecule has 0 saturated carbocycles. The molecule has 0 radical (unpaired) electrons. The minimum absolute atomic E-state index is 1.61. The monoisotopic (exact) mass is 180 g/mol. The Bertz CT molecular complexity index is 286. The Morgan fingerprint density at radius 1 is 1.00 bits per heavy atom. The van der Waals surface area contributed by atoms with Gasteiger partial charge in [-0.3, -0.25) is 0 Å². The molecule has 0 aromatic rings. The van der Waals surface area contributed by atoms with Gasteiger partial charge < -0.3 is 0 Å². The van der Waals surface area contributed by atoms with E-state index in [0.717, 1.165) is 0 Å². The highest BCUT2D eigenvalue weighted by Gasteiger charge is 2.42. The van der Waals surface area contributed by atoms with E-state index in [1.807, 2.05) is 0 Å². The summed E-state index contributed by atoms with van der Waals surface area (Å²) in [5, 5.41) is 3.21. The molecular weight excluding hydrogens is 176 g/mol. The van der Waals surface area contributed by atoms with Crippen molar-refractivity contribution >= 4 is 21.0 Å². The van der Waals surface area contributed by atoms with Crippen LogP contribution in [0.25, 0.3) is 0 Å². The van der Waals surface area contributed by atoms with Gasteiger partial charge in [-0.15, -0.1) is 17.8 Å². The van der Waals surface area contributed by atoms with Crippen LogP contribution in [-0.2, 0) is 17.7 Å². The second kappa shape index (κ2) is 1.65. The summed E-state index contributed by atoms with van der Waals surface area (Å²) in [5.74, 6) is 0. The second-order valence-corrected chi connectivity index (χ2v) is 5.42. The maximum absolute atomic E-state index is 10.4. The van der Waals surface area contributed by atoms with Crippen LogP contribution in [0.4, 0.5) is 0 Å². The topological polar surface area (TPSA) is 52.6 Å². The van der Waals surface area contributed by atoms with Crippen molar-refractivity contribution in [2.24, 2.45) is 0 Å². The van der Waals surface area contributed by atoms with Gasteiger partial charge in [-0.2, -0.15) is 8.42 Å². The Morgan fingerprint density at radius 3 is 1.90 bits per heavy atom. The number of allylic oxidation sites excluding steroid dienone is 2. The molecule has 1 spiro atoms. The van der Waals surface area contributed by atoms with Gasteiger partial charge in [0.05, 0.1) is 0 Å². The van der Waals surface area contributed by atoms with Crippen molar-refractivity contribution in [2.45, 2.75) is 0 Å². The van der Waals surface area contributed by atoms with E-state index in [-0.39, 0.29) is 0 Å². The van der Waals surface area contributed by atoms with Crippen molar-refractivity contribution in [1.29, 1.82) is 0 Å².